The average molecular weight is 411 g/mol. The lowest BCUT2D eigenvalue weighted by molar-refractivity contribution is -0.122. The van der Waals surface area contributed by atoms with E-state index in [0.717, 1.165) is 16.7 Å². The highest BCUT2D eigenvalue weighted by molar-refractivity contribution is 6.02. The zero-order valence-electron chi connectivity index (χ0n) is 17.4. The van der Waals surface area contributed by atoms with Crippen LogP contribution in [0.5, 0.6) is 17.2 Å². The number of methoxy groups -OCH3 is 3. The van der Waals surface area contributed by atoms with Gasteiger partial charge in [-0.25, -0.2) is 0 Å². The van der Waals surface area contributed by atoms with Crippen LogP contribution in [0.1, 0.15) is 23.0 Å². The predicted octanol–water partition coefficient (Wildman–Crippen LogP) is 2.63. The molecule has 2 aromatic carbocycles. The summed E-state index contributed by atoms with van der Waals surface area (Å²) in [4.78, 5) is 28.1. The summed E-state index contributed by atoms with van der Waals surface area (Å²) in [6, 6.07) is 11.9. The summed E-state index contributed by atoms with van der Waals surface area (Å²) in [7, 11) is 4.71. The zero-order valence-corrected chi connectivity index (χ0v) is 17.4. The molecule has 0 spiro atoms. The smallest absolute Gasteiger partial charge is 0.268 e. The molecule has 0 saturated carbocycles. The predicted molar refractivity (Wildman–Crippen MR) is 113 cm³/mol. The third kappa shape index (κ3) is 4.48. The minimum Gasteiger partial charge on any atom is -0.497 e. The summed E-state index contributed by atoms with van der Waals surface area (Å²) >= 11 is 0. The molecule has 0 saturated heterocycles. The fourth-order valence-corrected chi connectivity index (χ4v) is 3.06. The van der Waals surface area contributed by atoms with E-state index < -0.39 is 11.9 Å². The van der Waals surface area contributed by atoms with Crippen LogP contribution < -0.4 is 24.8 Å². The maximum atomic E-state index is 12.7. The van der Waals surface area contributed by atoms with Gasteiger partial charge in [-0.1, -0.05) is 12.1 Å². The number of aromatic amines is 1. The van der Waals surface area contributed by atoms with Gasteiger partial charge >= 0.3 is 0 Å². The van der Waals surface area contributed by atoms with Gasteiger partial charge in [-0.05, 0) is 42.8 Å². The highest BCUT2D eigenvalue weighted by atomic mass is 16.5. The van der Waals surface area contributed by atoms with Crippen molar-refractivity contribution in [1.82, 2.24) is 15.6 Å². The second kappa shape index (κ2) is 9.21. The van der Waals surface area contributed by atoms with E-state index >= 15 is 0 Å². The van der Waals surface area contributed by atoms with Gasteiger partial charge in [-0.15, -0.1) is 0 Å². The van der Waals surface area contributed by atoms with E-state index in [4.69, 9.17) is 14.2 Å². The molecule has 0 aliphatic carbocycles. The number of benzene rings is 2. The van der Waals surface area contributed by atoms with Gasteiger partial charge in [0.05, 0.1) is 26.8 Å². The molecule has 158 valence electrons. The lowest BCUT2D eigenvalue weighted by Gasteiger charge is -2.14. The molecular formula is C22H25N3O5. The van der Waals surface area contributed by atoms with E-state index in [1.54, 1.807) is 46.5 Å². The molecule has 3 N–H and O–H groups in total. The molecule has 0 aliphatic heterocycles. The summed E-state index contributed by atoms with van der Waals surface area (Å²) < 4.78 is 15.8. The molecule has 1 aromatic heterocycles. The van der Waals surface area contributed by atoms with Crippen molar-refractivity contribution in [2.24, 2.45) is 0 Å². The molecule has 3 aromatic rings. The summed E-state index contributed by atoms with van der Waals surface area (Å²) in [5.74, 6) is 1.27. The van der Waals surface area contributed by atoms with Gasteiger partial charge in [-0.2, -0.15) is 0 Å². The molecule has 0 fully saturated rings. The number of hydrogen-bond acceptors (Lipinski definition) is 5. The summed E-state index contributed by atoms with van der Waals surface area (Å²) in [5, 5.41) is 6.23. The van der Waals surface area contributed by atoms with E-state index in [0.29, 0.717) is 29.3 Å². The lowest BCUT2D eigenvalue weighted by Crippen LogP contribution is -2.44. The number of hydrogen-bond donors (Lipinski definition) is 3. The van der Waals surface area contributed by atoms with Crippen LogP contribution in [0.3, 0.4) is 0 Å². The van der Waals surface area contributed by atoms with E-state index in [9.17, 15) is 9.59 Å². The first kappa shape index (κ1) is 21.0. The largest absolute Gasteiger partial charge is 0.497 e. The van der Waals surface area contributed by atoms with Crippen LogP contribution in [0.2, 0.25) is 0 Å². The Bertz CT molecular complexity index is 1000. The summed E-state index contributed by atoms with van der Waals surface area (Å²) in [6.45, 7) is 1.98. The Morgan fingerprint density at radius 3 is 2.27 bits per heavy atom. The number of carbonyl (C=O) groups is 2. The highest BCUT2D eigenvalue weighted by Gasteiger charge is 2.20. The van der Waals surface area contributed by atoms with Crippen molar-refractivity contribution in [3.8, 4) is 17.2 Å². The monoisotopic (exact) mass is 411 g/mol. The fourth-order valence-electron chi connectivity index (χ4n) is 3.06. The van der Waals surface area contributed by atoms with Crippen molar-refractivity contribution >= 4 is 22.7 Å². The number of aromatic nitrogens is 1. The molecule has 0 aliphatic rings. The first-order valence-corrected chi connectivity index (χ1v) is 9.42. The Morgan fingerprint density at radius 2 is 1.63 bits per heavy atom. The van der Waals surface area contributed by atoms with Crippen molar-refractivity contribution in [3.05, 3.63) is 53.7 Å². The Labute approximate surface area is 174 Å². The molecule has 30 heavy (non-hydrogen) atoms. The number of nitrogens with one attached hydrogen (secondary N) is 3. The first-order chi connectivity index (χ1) is 14.5. The quantitative estimate of drug-likeness (QED) is 0.529. The third-order valence-corrected chi connectivity index (χ3v) is 4.77. The number of ether oxygens (including phenoxy) is 3. The minimum absolute atomic E-state index is 0.287. The van der Waals surface area contributed by atoms with Gasteiger partial charge in [0.15, 0.2) is 0 Å². The van der Waals surface area contributed by atoms with Gasteiger partial charge in [-0.3, -0.25) is 9.59 Å². The van der Waals surface area contributed by atoms with Gasteiger partial charge in [0.25, 0.3) is 5.91 Å². The SMILES string of the molecule is COc1ccc(CNC(=O)C(C)NC(=O)c2cc3c(OC)ccc(OC)c3[nH]2)cc1. The maximum absolute atomic E-state index is 12.7. The van der Waals surface area contributed by atoms with Gasteiger partial charge in [0, 0.05) is 11.9 Å². The Morgan fingerprint density at radius 1 is 0.967 bits per heavy atom. The highest BCUT2D eigenvalue weighted by Crippen LogP contribution is 2.33. The molecular weight excluding hydrogens is 386 g/mol. The average Bonchev–Trinajstić information content (AvgIpc) is 3.22. The second-order valence-corrected chi connectivity index (χ2v) is 6.70. The third-order valence-electron chi connectivity index (χ3n) is 4.77. The Hall–Kier alpha value is -3.68. The first-order valence-electron chi connectivity index (χ1n) is 9.42. The fraction of sp³-hybridized carbons (Fsp3) is 0.273. The van der Waals surface area contributed by atoms with Crippen LogP contribution in [-0.4, -0.2) is 44.2 Å². The minimum atomic E-state index is -0.717. The lowest BCUT2D eigenvalue weighted by atomic mass is 10.2. The van der Waals surface area contributed by atoms with Crippen LogP contribution in [0.15, 0.2) is 42.5 Å². The van der Waals surface area contributed by atoms with Crippen LogP contribution in [-0.2, 0) is 11.3 Å². The normalized spacial score (nSPS) is 11.6. The molecule has 8 heteroatoms. The van der Waals surface area contributed by atoms with Crippen molar-refractivity contribution in [1.29, 1.82) is 0 Å². The van der Waals surface area contributed by atoms with Crippen LogP contribution >= 0.6 is 0 Å². The molecule has 1 heterocycles. The van der Waals surface area contributed by atoms with Crippen LogP contribution in [0.25, 0.3) is 10.9 Å². The van der Waals surface area contributed by atoms with Crippen LogP contribution in [0, 0.1) is 0 Å². The summed E-state index contributed by atoms with van der Waals surface area (Å²) in [6.07, 6.45) is 0. The van der Waals surface area contributed by atoms with E-state index in [-0.39, 0.29) is 5.91 Å². The van der Waals surface area contributed by atoms with Crippen molar-refractivity contribution in [2.45, 2.75) is 19.5 Å². The van der Waals surface area contributed by atoms with Crippen molar-refractivity contribution < 1.29 is 23.8 Å². The van der Waals surface area contributed by atoms with Crippen molar-refractivity contribution in [3.63, 3.8) is 0 Å². The number of fused-ring (bicyclic) bond motifs is 1. The van der Waals surface area contributed by atoms with Gasteiger partial charge in [0.2, 0.25) is 5.91 Å². The molecule has 2 amide bonds. The van der Waals surface area contributed by atoms with E-state index in [2.05, 4.69) is 15.6 Å². The molecule has 1 atom stereocenters. The van der Waals surface area contributed by atoms with Gasteiger partial charge < -0.3 is 29.8 Å². The number of rotatable bonds is 8. The molecule has 1 unspecified atom stereocenters. The van der Waals surface area contributed by atoms with Crippen molar-refractivity contribution in [2.75, 3.05) is 21.3 Å². The second-order valence-electron chi connectivity index (χ2n) is 6.70. The molecule has 8 nitrogen and oxygen atoms in total. The van der Waals surface area contributed by atoms with E-state index in [1.807, 2.05) is 24.3 Å². The number of carbonyl (C=O) groups excluding carboxylic acids is 2. The number of H-pyrrole nitrogens is 1. The Kier molecular flexibility index (Phi) is 6.46. The van der Waals surface area contributed by atoms with E-state index in [1.165, 1.54) is 0 Å². The van der Waals surface area contributed by atoms with Crippen LogP contribution in [0.4, 0.5) is 0 Å². The van der Waals surface area contributed by atoms with Gasteiger partial charge in [0.1, 0.15) is 29.0 Å². The Balaban J connectivity index is 1.65. The number of amides is 2. The standard InChI is InChI=1S/C22H25N3O5/c1-13(21(26)23-12-14-5-7-15(28-2)8-6-14)24-22(27)17-11-16-18(29-3)9-10-19(30-4)20(16)25-17/h5-11,13,25H,12H2,1-4H3,(H,23,26)(H,24,27). The topological polar surface area (TPSA) is 102 Å². The molecule has 0 bridgehead atoms. The summed E-state index contributed by atoms with van der Waals surface area (Å²) in [5.41, 5.74) is 1.89. The zero-order chi connectivity index (χ0) is 21.7. The molecule has 3 rings (SSSR count). The maximum Gasteiger partial charge on any atom is 0.268 e. The molecule has 0 radical (unpaired) electrons.